The Bertz CT molecular complexity index is 1350. The molecule has 0 spiro atoms. The van der Waals surface area contributed by atoms with Crippen molar-refractivity contribution in [1.29, 1.82) is 0 Å². The molecule has 9 heteroatoms. The molecule has 2 aromatic carbocycles. The Labute approximate surface area is 208 Å². The maximum absolute atomic E-state index is 12.7. The fourth-order valence-electron chi connectivity index (χ4n) is 4.12. The van der Waals surface area contributed by atoms with Crippen molar-refractivity contribution in [2.45, 2.75) is 6.92 Å². The zero-order valence-electron chi connectivity index (χ0n) is 19.5. The van der Waals surface area contributed by atoms with E-state index in [0.29, 0.717) is 22.9 Å². The number of carbonyl (C=O) groups is 1. The van der Waals surface area contributed by atoms with Gasteiger partial charge in [-0.05, 0) is 48.9 Å². The van der Waals surface area contributed by atoms with Crippen molar-refractivity contribution in [1.82, 2.24) is 25.0 Å². The first-order chi connectivity index (χ1) is 17.1. The van der Waals surface area contributed by atoms with Crippen LogP contribution >= 0.6 is 11.6 Å². The summed E-state index contributed by atoms with van der Waals surface area (Å²) in [5, 5.41) is 12.5. The van der Waals surface area contributed by atoms with Gasteiger partial charge in [-0.15, -0.1) is 0 Å². The first-order valence-electron chi connectivity index (χ1n) is 11.6. The van der Waals surface area contributed by atoms with Crippen LogP contribution in [-0.2, 0) is 4.74 Å². The molecule has 2 N–H and O–H groups in total. The number of aryl methyl sites for hydroxylation is 1. The van der Waals surface area contributed by atoms with Gasteiger partial charge in [0.2, 0.25) is 0 Å². The third kappa shape index (κ3) is 5.30. The summed E-state index contributed by atoms with van der Waals surface area (Å²) in [4.78, 5) is 19.4. The van der Waals surface area contributed by atoms with E-state index in [-0.39, 0.29) is 5.91 Å². The Morgan fingerprint density at radius 2 is 2.00 bits per heavy atom. The number of nitrogens with zero attached hydrogens (tertiary/aromatic N) is 4. The number of carbonyl (C=O) groups excluding carboxylic acids is 1. The molecule has 0 aliphatic carbocycles. The van der Waals surface area contributed by atoms with Gasteiger partial charge in [0.25, 0.3) is 5.91 Å². The van der Waals surface area contributed by atoms with Crippen LogP contribution in [0.25, 0.3) is 16.7 Å². The van der Waals surface area contributed by atoms with Crippen molar-refractivity contribution >= 4 is 39.8 Å². The molecule has 1 fully saturated rings. The van der Waals surface area contributed by atoms with E-state index in [1.165, 1.54) is 0 Å². The molecule has 0 unspecified atom stereocenters. The van der Waals surface area contributed by atoms with Crippen LogP contribution in [-0.4, -0.2) is 65.0 Å². The van der Waals surface area contributed by atoms with Crippen LogP contribution in [0.1, 0.15) is 15.9 Å². The zero-order chi connectivity index (χ0) is 24.2. The summed E-state index contributed by atoms with van der Waals surface area (Å²) in [6, 6.07) is 15.3. The molecule has 180 valence electrons. The number of benzene rings is 2. The van der Waals surface area contributed by atoms with Gasteiger partial charge in [0.1, 0.15) is 0 Å². The zero-order valence-corrected chi connectivity index (χ0v) is 20.3. The molecule has 1 aliphatic rings. The molecule has 1 amide bonds. The molecule has 3 heterocycles. The lowest BCUT2D eigenvalue weighted by molar-refractivity contribution is 0.0383. The van der Waals surface area contributed by atoms with E-state index >= 15 is 0 Å². The molecular weight excluding hydrogens is 464 g/mol. The van der Waals surface area contributed by atoms with Gasteiger partial charge in [0.05, 0.1) is 35.6 Å². The number of aromatic nitrogens is 3. The summed E-state index contributed by atoms with van der Waals surface area (Å²) < 4.78 is 7.10. The second kappa shape index (κ2) is 10.4. The average Bonchev–Trinajstić information content (AvgIpc) is 3.31. The van der Waals surface area contributed by atoms with Crippen LogP contribution in [0.4, 0.5) is 11.4 Å². The Morgan fingerprint density at radius 1 is 1.14 bits per heavy atom. The van der Waals surface area contributed by atoms with Crippen molar-refractivity contribution in [3.63, 3.8) is 0 Å². The molecule has 1 saturated heterocycles. The Kier molecular flexibility index (Phi) is 6.94. The smallest absolute Gasteiger partial charge is 0.251 e. The number of hydrogen-bond donors (Lipinski definition) is 2. The lowest BCUT2D eigenvalue weighted by atomic mass is 10.2. The highest BCUT2D eigenvalue weighted by molar-refractivity contribution is 6.34. The molecular formula is C26H27ClN6O2. The predicted molar refractivity (Wildman–Crippen MR) is 138 cm³/mol. The van der Waals surface area contributed by atoms with Crippen LogP contribution < -0.4 is 10.6 Å². The maximum atomic E-state index is 12.7. The summed E-state index contributed by atoms with van der Waals surface area (Å²) in [5.74, 6) is 0.461. The molecule has 0 radical (unpaired) electrons. The summed E-state index contributed by atoms with van der Waals surface area (Å²) >= 11 is 6.43. The minimum absolute atomic E-state index is 0.125. The van der Waals surface area contributed by atoms with E-state index in [9.17, 15) is 4.79 Å². The number of fused-ring (bicyclic) bond motifs is 1. The number of anilines is 2. The summed E-state index contributed by atoms with van der Waals surface area (Å²) in [5.41, 5.74) is 4.22. The van der Waals surface area contributed by atoms with E-state index in [1.54, 1.807) is 29.2 Å². The Morgan fingerprint density at radius 3 is 2.86 bits per heavy atom. The second-order valence-electron chi connectivity index (χ2n) is 8.50. The van der Waals surface area contributed by atoms with Crippen molar-refractivity contribution in [2.75, 3.05) is 44.7 Å². The number of nitrogens with one attached hydrogen (secondary N) is 2. The highest BCUT2D eigenvalue weighted by atomic mass is 35.5. The van der Waals surface area contributed by atoms with E-state index < -0.39 is 0 Å². The van der Waals surface area contributed by atoms with Gasteiger partial charge in [-0.1, -0.05) is 23.7 Å². The number of morpholine rings is 1. The fraction of sp³-hybridized carbons (Fsp3) is 0.269. The standard InChI is InChI=1S/C26H27ClN6O2/c1-18-3-2-4-22(25(18)27)31-21-5-6-23-20(15-21)17-30-33(23)24-16-19(7-8-28-24)26(34)29-9-10-32-11-13-35-14-12-32/h2-8,15-17,31H,9-14H2,1H3,(H,29,34). The number of ether oxygens (including phenoxy) is 1. The van der Waals surface area contributed by atoms with E-state index in [0.717, 1.165) is 60.7 Å². The van der Waals surface area contributed by atoms with Gasteiger partial charge >= 0.3 is 0 Å². The van der Waals surface area contributed by atoms with Gasteiger partial charge in [-0.25, -0.2) is 9.67 Å². The number of amides is 1. The molecule has 0 bridgehead atoms. The first-order valence-corrected chi connectivity index (χ1v) is 12.0. The number of halogens is 1. The largest absolute Gasteiger partial charge is 0.379 e. The van der Waals surface area contributed by atoms with Crippen LogP contribution in [0.3, 0.4) is 0 Å². The van der Waals surface area contributed by atoms with Crippen LogP contribution in [0.15, 0.2) is 60.9 Å². The summed E-state index contributed by atoms with van der Waals surface area (Å²) in [6.07, 6.45) is 3.42. The molecule has 0 saturated carbocycles. The molecule has 5 rings (SSSR count). The Hall–Kier alpha value is -3.46. The summed E-state index contributed by atoms with van der Waals surface area (Å²) in [6.45, 7) is 6.66. The Balaban J connectivity index is 1.29. The molecule has 2 aromatic heterocycles. The molecule has 0 atom stereocenters. The summed E-state index contributed by atoms with van der Waals surface area (Å²) in [7, 11) is 0. The van der Waals surface area contributed by atoms with Crippen molar-refractivity contribution in [3.05, 3.63) is 77.1 Å². The molecule has 1 aliphatic heterocycles. The quantitative estimate of drug-likeness (QED) is 0.404. The number of pyridine rings is 1. The second-order valence-corrected chi connectivity index (χ2v) is 8.88. The molecule has 8 nitrogen and oxygen atoms in total. The van der Waals surface area contributed by atoms with Gasteiger partial charge in [0.15, 0.2) is 5.82 Å². The van der Waals surface area contributed by atoms with Crippen LogP contribution in [0.5, 0.6) is 0 Å². The minimum atomic E-state index is -0.125. The normalized spacial score (nSPS) is 14.2. The van der Waals surface area contributed by atoms with Gasteiger partial charge in [-0.3, -0.25) is 9.69 Å². The van der Waals surface area contributed by atoms with Crippen molar-refractivity contribution < 1.29 is 9.53 Å². The fourth-order valence-corrected chi connectivity index (χ4v) is 4.30. The third-order valence-electron chi connectivity index (χ3n) is 6.08. The van der Waals surface area contributed by atoms with E-state index in [4.69, 9.17) is 16.3 Å². The van der Waals surface area contributed by atoms with Crippen LogP contribution in [0, 0.1) is 6.92 Å². The molecule has 4 aromatic rings. The average molecular weight is 491 g/mol. The van der Waals surface area contributed by atoms with Crippen molar-refractivity contribution in [3.8, 4) is 5.82 Å². The highest BCUT2D eigenvalue weighted by Crippen LogP contribution is 2.30. The van der Waals surface area contributed by atoms with Gasteiger partial charge < -0.3 is 15.4 Å². The predicted octanol–water partition coefficient (Wildman–Crippen LogP) is 4.19. The maximum Gasteiger partial charge on any atom is 0.251 e. The first kappa shape index (κ1) is 23.3. The van der Waals surface area contributed by atoms with E-state index in [1.807, 2.05) is 43.3 Å². The van der Waals surface area contributed by atoms with Gasteiger partial charge in [0, 0.05) is 49.0 Å². The van der Waals surface area contributed by atoms with E-state index in [2.05, 4.69) is 25.6 Å². The monoisotopic (exact) mass is 490 g/mol. The lowest BCUT2D eigenvalue weighted by Gasteiger charge is -2.26. The number of hydrogen-bond acceptors (Lipinski definition) is 6. The number of rotatable bonds is 7. The highest BCUT2D eigenvalue weighted by Gasteiger charge is 2.13. The lowest BCUT2D eigenvalue weighted by Crippen LogP contribution is -2.41. The topological polar surface area (TPSA) is 84.3 Å². The molecule has 35 heavy (non-hydrogen) atoms. The minimum Gasteiger partial charge on any atom is -0.379 e. The van der Waals surface area contributed by atoms with Crippen LogP contribution in [0.2, 0.25) is 5.02 Å². The third-order valence-corrected chi connectivity index (χ3v) is 6.58. The van der Waals surface area contributed by atoms with Crippen molar-refractivity contribution in [2.24, 2.45) is 0 Å². The SMILES string of the molecule is Cc1cccc(Nc2ccc3c(cnn3-c3cc(C(=O)NCCN4CCOCC4)ccn3)c2)c1Cl. The van der Waals surface area contributed by atoms with Gasteiger partial charge in [-0.2, -0.15) is 5.10 Å².